The molecule has 0 bridgehead atoms. The van der Waals surface area contributed by atoms with Gasteiger partial charge in [0, 0.05) is 25.0 Å². The Morgan fingerprint density at radius 2 is 1.96 bits per heavy atom. The maximum Gasteiger partial charge on any atom is 0.244 e. The van der Waals surface area contributed by atoms with E-state index in [1.807, 2.05) is 0 Å². The number of anilines is 1. The van der Waals surface area contributed by atoms with Gasteiger partial charge in [-0.25, -0.2) is 8.78 Å². The first-order valence-corrected chi connectivity index (χ1v) is 8.31. The van der Waals surface area contributed by atoms with Crippen molar-refractivity contribution in [3.05, 3.63) is 59.7 Å². The Morgan fingerprint density at radius 3 is 2.65 bits per heavy atom. The molecule has 7 heteroatoms. The number of benzene rings is 2. The van der Waals surface area contributed by atoms with Gasteiger partial charge in [-0.1, -0.05) is 12.1 Å². The lowest BCUT2D eigenvalue weighted by molar-refractivity contribution is -0.124. The number of nitrogens with one attached hydrogen (secondary N) is 1. The average molecular weight is 362 g/mol. The fourth-order valence-corrected chi connectivity index (χ4v) is 2.70. The molecule has 1 amide bonds. The first-order chi connectivity index (χ1) is 12.5. The van der Waals surface area contributed by atoms with Crippen LogP contribution in [0.4, 0.5) is 14.5 Å². The van der Waals surface area contributed by atoms with Gasteiger partial charge in [0.05, 0.1) is 0 Å². The summed E-state index contributed by atoms with van der Waals surface area (Å²) in [7, 11) is 0. The summed E-state index contributed by atoms with van der Waals surface area (Å²) < 4.78 is 38.0. The first-order valence-electron chi connectivity index (χ1n) is 8.31. The minimum Gasteiger partial charge on any atom is -0.486 e. The van der Waals surface area contributed by atoms with Crippen molar-refractivity contribution in [2.45, 2.75) is 25.0 Å². The molecule has 0 unspecified atom stereocenters. The van der Waals surface area contributed by atoms with Crippen LogP contribution in [0.3, 0.4) is 0 Å². The molecule has 0 saturated carbocycles. The van der Waals surface area contributed by atoms with Gasteiger partial charge in [0.2, 0.25) is 5.91 Å². The molecule has 0 aliphatic carbocycles. The van der Waals surface area contributed by atoms with Crippen molar-refractivity contribution in [2.24, 2.45) is 5.73 Å². The van der Waals surface area contributed by atoms with Gasteiger partial charge in [0.15, 0.2) is 11.6 Å². The van der Waals surface area contributed by atoms with Crippen LogP contribution in [0.2, 0.25) is 0 Å². The summed E-state index contributed by atoms with van der Waals surface area (Å²) in [6.07, 6.45) is 0.826. The summed E-state index contributed by atoms with van der Waals surface area (Å²) >= 11 is 0. The van der Waals surface area contributed by atoms with Crippen LogP contribution in [0.5, 0.6) is 5.75 Å². The van der Waals surface area contributed by atoms with Crippen LogP contribution >= 0.6 is 0 Å². The average Bonchev–Trinajstić information content (AvgIpc) is 2.62. The highest BCUT2D eigenvalue weighted by Crippen LogP contribution is 2.24. The monoisotopic (exact) mass is 362 g/mol. The van der Waals surface area contributed by atoms with Crippen molar-refractivity contribution >= 4 is 11.6 Å². The molecule has 5 nitrogen and oxygen atoms in total. The van der Waals surface area contributed by atoms with E-state index in [0.29, 0.717) is 37.3 Å². The fraction of sp³-hybridized carbons (Fsp3) is 0.316. The second-order valence-electron chi connectivity index (χ2n) is 6.29. The molecule has 0 radical (unpaired) electrons. The van der Waals surface area contributed by atoms with E-state index in [9.17, 15) is 13.6 Å². The Hall–Kier alpha value is -2.51. The van der Waals surface area contributed by atoms with E-state index < -0.39 is 11.4 Å². The number of nitrogens with two attached hydrogens (primary N) is 1. The van der Waals surface area contributed by atoms with E-state index in [1.165, 1.54) is 30.3 Å². The number of carbonyl (C=O) groups is 1. The van der Waals surface area contributed by atoms with Crippen molar-refractivity contribution in [1.82, 2.24) is 0 Å². The number of carbonyl (C=O) groups excluding carboxylic acids is 1. The third-order valence-electron chi connectivity index (χ3n) is 4.31. The van der Waals surface area contributed by atoms with E-state index in [1.54, 1.807) is 12.1 Å². The zero-order valence-corrected chi connectivity index (χ0v) is 14.1. The van der Waals surface area contributed by atoms with Crippen LogP contribution in [-0.4, -0.2) is 24.7 Å². The SMILES string of the molecule is NC1(C(=O)Nc2ccc(OCc3cccc(F)c3)c(F)c2)CCOCC1. The zero-order valence-electron chi connectivity index (χ0n) is 14.1. The maximum absolute atomic E-state index is 14.2. The Morgan fingerprint density at radius 1 is 1.19 bits per heavy atom. The molecule has 1 saturated heterocycles. The number of hydrogen-bond acceptors (Lipinski definition) is 4. The Balaban J connectivity index is 1.62. The number of ether oxygens (including phenoxy) is 2. The van der Waals surface area contributed by atoms with Crippen molar-refractivity contribution in [3.8, 4) is 5.75 Å². The second kappa shape index (κ2) is 7.80. The van der Waals surface area contributed by atoms with E-state index in [0.717, 1.165) is 0 Å². The summed E-state index contributed by atoms with van der Waals surface area (Å²) in [5.41, 5.74) is 5.97. The van der Waals surface area contributed by atoms with Gasteiger partial charge < -0.3 is 20.5 Å². The van der Waals surface area contributed by atoms with Gasteiger partial charge >= 0.3 is 0 Å². The van der Waals surface area contributed by atoms with E-state index >= 15 is 0 Å². The predicted molar refractivity (Wildman–Crippen MR) is 92.7 cm³/mol. The zero-order chi connectivity index (χ0) is 18.6. The second-order valence-corrected chi connectivity index (χ2v) is 6.29. The highest BCUT2D eigenvalue weighted by molar-refractivity contribution is 5.98. The van der Waals surface area contributed by atoms with Crippen molar-refractivity contribution in [1.29, 1.82) is 0 Å². The number of amides is 1. The number of rotatable bonds is 5. The molecule has 138 valence electrons. The molecule has 0 atom stereocenters. The molecule has 3 rings (SSSR count). The Labute approximate surface area is 150 Å². The normalized spacial score (nSPS) is 16.1. The summed E-state index contributed by atoms with van der Waals surface area (Å²) in [5, 5.41) is 2.64. The van der Waals surface area contributed by atoms with E-state index in [2.05, 4.69) is 5.32 Å². The van der Waals surface area contributed by atoms with Gasteiger partial charge in [-0.05, 0) is 42.7 Å². The van der Waals surface area contributed by atoms with Crippen LogP contribution in [0.25, 0.3) is 0 Å². The highest BCUT2D eigenvalue weighted by Gasteiger charge is 2.35. The Kier molecular flexibility index (Phi) is 5.49. The van der Waals surface area contributed by atoms with Gasteiger partial charge in [0.25, 0.3) is 0 Å². The molecular weight excluding hydrogens is 342 g/mol. The molecule has 2 aromatic rings. The molecular formula is C19H20F2N2O3. The van der Waals surface area contributed by atoms with Gasteiger partial charge in [-0.15, -0.1) is 0 Å². The van der Waals surface area contributed by atoms with E-state index in [4.69, 9.17) is 15.2 Å². The van der Waals surface area contributed by atoms with Crippen LogP contribution in [0, 0.1) is 11.6 Å². The van der Waals surface area contributed by atoms with Crippen LogP contribution in [0.1, 0.15) is 18.4 Å². The highest BCUT2D eigenvalue weighted by atomic mass is 19.1. The maximum atomic E-state index is 14.2. The van der Waals surface area contributed by atoms with Crippen LogP contribution < -0.4 is 15.8 Å². The fourth-order valence-electron chi connectivity index (χ4n) is 2.70. The summed E-state index contributed by atoms with van der Waals surface area (Å²) in [4.78, 5) is 12.3. The summed E-state index contributed by atoms with van der Waals surface area (Å²) in [6.45, 7) is 0.878. The predicted octanol–water partition coefficient (Wildman–Crippen LogP) is 2.99. The third-order valence-corrected chi connectivity index (χ3v) is 4.31. The molecule has 0 aromatic heterocycles. The molecule has 0 spiro atoms. The lowest BCUT2D eigenvalue weighted by Gasteiger charge is -2.31. The smallest absolute Gasteiger partial charge is 0.244 e. The van der Waals surface area contributed by atoms with Crippen LogP contribution in [0.15, 0.2) is 42.5 Å². The molecule has 1 heterocycles. The topological polar surface area (TPSA) is 73.6 Å². The quantitative estimate of drug-likeness (QED) is 0.858. The standard InChI is InChI=1S/C19H20F2N2O3/c20-14-3-1-2-13(10-14)12-26-17-5-4-15(11-16(17)21)23-18(24)19(22)6-8-25-9-7-19/h1-5,10-11H,6-9,12,22H2,(H,23,24). The number of hydrogen-bond donors (Lipinski definition) is 2. The van der Waals surface area contributed by atoms with Gasteiger partial charge in [-0.3, -0.25) is 4.79 Å². The van der Waals surface area contributed by atoms with Crippen molar-refractivity contribution in [3.63, 3.8) is 0 Å². The molecule has 1 fully saturated rings. The minimum absolute atomic E-state index is 0.0146. The van der Waals surface area contributed by atoms with E-state index in [-0.39, 0.29) is 24.1 Å². The molecule has 2 aromatic carbocycles. The molecule has 1 aliphatic rings. The third kappa shape index (κ3) is 4.36. The molecule has 3 N–H and O–H groups in total. The minimum atomic E-state index is -1.01. The number of halogens is 2. The molecule has 26 heavy (non-hydrogen) atoms. The first kappa shape index (κ1) is 18.3. The largest absolute Gasteiger partial charge is 0.486 e. The summed E-state index contributed by atoms with van der Waals surface area (Å²) in [6, 6.07) is 10.0. The Bertz CT molecular complexity index is 792. The van der Waals surface area contributed by atoms with Crippen molar-refractivity contribution < 1.29 is 23.0 Å². The molecule has 1 aliphatic heterocycles. The van der Waals surface area contributed by atoms with Gasteiger partial charge in [0.1, 0.15) is 18.0 Å². The van der Waals surface area contributed by atoms with Gasteiger partial charge in [-0.2, -0.15) is 0 Å². The lowest BCUT2D eigenvalue weighted by Crippen LogP contribution is -2.54. The van der Waals surface area contributed by atoms with Crippen LogP contribution in [-0.2, 0) is 16.1 Å². The van der Waals surface area contributed by atoms with Crippen molar-refractivity contribution in [2.75, 3.05) is 18.5 Å². The summed E-state index contributed by atoms with van der Waals surface area (Å²) in [5.74, 6) is -1.36. The lowest BCUT2D eigenvalue weighted by atomic mass is 9.90.